The second-order valence-corrected chi connectivity index (χ2v) is 4.79. The van der Waals surface area contributed by atoms with Crippen LogP contribution in [0.25, 0.3) is 0 Å². The lowest BCUT2D eigenvalue weighted by Crippen LogP contribution is -2.36. The van der Waals surface area contributed by atoms with Crippen molar-refractivity contribution >= 4 is 22.3 Å². The number of anilines is 1. The molecule has 1 aromatic heterocycles. The van der Waals surface area contributed by atoms with Crippen molar-refractivity contribution in [1.82, 2.24) is 0 Å². The van der Waals surface area contributed by atoms with Crippen LogP contribution in [0.4, 0.5) is 5.00 Å². The van der Waals surface area contributed by atoms with Gasteiger partial charge < -0.3 is 14.4 Å². The van der Waals surface area contributed by atoms with Gasteiger partial charge in [0.05, 0.1) is 25.4 Å². The van der Waals surface area contributed by atoms with Gasteiger partial charge in [-0.15, -0.1) is 11.3 Å². The van der Waals surface area contributed by atoms with Crippen molar-refractivity contribution in [1.29, 1.82) is 5.26 Å². The zero-order valence-electron chi connectivity index (χ0n) is 10.1. The first-order valence-electron chi connectivity index (χ1n) is 5.80. The molecule has 96 valence electrons. The normalized spacial score (nSPS) is 15.2. The summed E-state index contributed by atoms with van der Waals surface area (Å²) in [5.74, 6) is -0.362. The molecule has 1 aliphatic rings. The highest BCUT2D eigenvalue weighted by atomic mass is 32.1. The molecule has 0 spiro atoms. The molecule has 0 aliphatic carbocycles. The monoisotopic (exact) mass is 266 g/mol. The Bertz CT molecular complexity index is 472. The summed E-state index contributed by atoms with van der Waals surface area (Å²) in [4.78, 5) is 14.2. The van der Waals surface area contributed by atoms with E-state index in [0.717, 1.165) is 18.1 Å². The Kier molecular flexibility index (Phi) is 4.18. The molecule has 2 heterocycles. The predicted octanol–water partition coefficient (Wildman–Crippen LogP) is 1.63. The highest BCUT2D eigenvalue weighted by molar-refractivity contribution is 7.18. The van der Waals surface area contributed by atoms with Gasteiger partial charge in [-0.2, -0.15) is 5.26 Å². The minimum absolute atomic E-state index is 0.339. The molecule has 1 aromatic rings. The molecule has 0 unspecified atom stereocenters. The largest absolute Gasteiger partial charge is 0.462 e. The number of nitriles is 1. The number of carbonyl (C=O) groups excluding carboxylic acids is 1. The fraction of sp³-hybridized carbons (Fsp3) is 0.500. The number of rotatable bonds is 3. The molecule has 1 saturated heterocycles. The summed E-state index contributed by atoms with van der Waals surface area (Å²) in [6.07, 6.45) is 0. The highest BCUT2D eigenvalue weighted by Gasteiger charge is 2.21. The van der Waals surface area contributed by atoms with E-state index in [0.29, 0.717) is 30.3 Å². The first-order chi connectivity index (χ1) is 8.76. The Morgan fingerprint density at radius 1 is 1.61 bits per heavy atom. The third-order valence-electron chi connectivity index (χ3n) is 2.61. The van der Waals surface area contributed by atoms with Gasteiger partial charge in [0.2, 0.25) is 0 Å². The molecule has 2 rings (SSSR count). The Hall–Kier alpha value is -1.58. The van der Waals surface area contributed by atoms with Gasteiger partial charge in [0, 0.05) is 13.1 Å². The maximum atomic E-state index is 11.6. The predicted molar refractivity (Wildman–Crippen MR) is 68.0 cm³/mol. The van der Waals surface area contributed by atoms with Crippen molar-refractivity contribution in [3.8, 4) is 6.07 Å². The van der Waals surface area contributed by atoms with Crippen LogP contribution in [0.15, 0.2) is 6.07 Å². The van der Waals surface area contributed by atoms with Crippen molar-refractivity contribution < 1.29 is 14.3 Å². The van der Waals surface area contributed by atoms with Crippen LogP contribution < -0.4 is 4.90 Å². The lowest BCUT2D eigenvalue weighted by molar-refractivity contribution is 0.0532. The average Bonchev–Trinajstić information content (AvgIpc) is 2.84. The number of carbonyl (C=O) groups is 1. The van der Waals surface area contributed by atoms with Gasteiger partial charge in [-0.25, -0.2) is 4.79 Å². The fourth-order valence-corrected chi connectivity index (χ4v) is 2.82. The fourth-order valence-electron chi connectivity index (χ4n) is 1.77. The summed E-state index contributed by atoms with van der Waals surface area (Å²) in [6, 6.07) is 3.74. The van der Waals surface area contributed by atoms with Crippen LogP contribution in [0.2, 0.25) is 0 Å². The first kappa shape index (κ1) is 12.9. The number of nitrogens with zero attached hydrogens (tertiary/aromatic N) is 2. The van der Waals surface area contributed by atoms with E-state index in [4.69, 9.17) is 14.7 Å². The van der Waals surface area contributed by atoms with Gasteiger partial charge >= 0.3 is 5.97 Å². The minimum Gasteiger partial charge on any atom is -0.462 e. The first-order valence-corrected chi connectivity index (χ1v) is 6.61. The van der Waals surface area contributed by atoms with Crippen LogP contribution >= 0.6 is 11.3 Å². The van der Waals surface area contributed by atoms with E-state index in [1.54, 1.807) is 13.0 Å². The van der Waals surface area contributed by atoms with E-state index in [2.05, 4.69) is 11.0 Å². The molecule has 0 bridgehead atoms. The topological polar surface area (TPSA) is 62.6 Å². The van der Waals surface area contributed by atoms with Gasteiger partial charge in [-0.05, 0) is 13.0 Å². The molecule has 0 radical (unpaired) electrons. The molecule has 0 amide bonds. The van der Waals surface area contributed by atoms with Crippen LogP contribution in [0.3, 0.4) is 0 Å². The zero-order chi connectivity index (χ0) is 13.0. The molecule has 1 aliphatic heterocycles. The van der Waals surface area contributed by atoms with Gasteiger partial charge in [0.25, 0.3) is 0 Å². The summed E-state index contributed by atoms with van der Waals surface area (Å²) in [6.45, 7) is 4.90. The summed E-state index contributed by atoms with van der Waals surface area (Å²) >= 11 is 1.31. The second-order valence-electron chi connectivity index (χ2n) is 3.76. The van der Waals surface area contributed by atoms with Crippen LogP contribution in [0.1, 0.15) is 22.2 Å². The van der Waals surface area contributed by atoms with E-state index in [-0.39, 0.29) is 5.97 Å². The maximum Gasteiger partial charge on any atom is 0.348 e. The molecular weight excluding hydrogens is 252 g/mol. The highest BCUT2D eigenvalue weighted by Crippen LogP contribution is 2.32. The summed E-state index contributed by atoms with van der Waals surface area (Å²) < 4.78 is 10.2. The van der Waals surface area contributed by atoms with Crippen molar-refractivity contribution in [2.24, 2.45) is 0 Å². The van der Waals surface area contributed by atoms with Crippen LogP contribution in [0, 0.1) is 11.3 Å². The van der Waals surface area contributed by atoms with Crippen LogP contribution in [-0.4, -0.2) is 38.9 Å². The molecule has 0 N–H and O–H groups in total. The molecule has 0 atom stereocenters. The van der Waals surface area contributed by atoms with Gasteiger partial charge in [0.1, 0.15) is 15.9 Å². The minimum atomic E-state index is -0.362. The number of morpholine rings is 1. The maximum absolute atomic E-state index is 11.6. The Morgan fingerprint density at radius 2 is 2.33 bits per heavy atom. The average molecular weight is 266 g/mol. The lowest BCUT2D eigenvalue weighted by Gasteiger charge is -2.27. The number of esters is 1. The number of hydrogen-bond donors (Lipinski definition) is 0. The van der Waals surface area contributed by atoms with Crippen LogP contribution in [0.5, 0.6) is 0 Å². The Morgan fingerprint density at radius 3 is 2.94 bits per heavy atom. The molecule has 18 heavy (non-hydrogen) atoms. The number of thiophene rings is 1. The molecule has 1 fully saturated rings. The van der Waals surface area contributed by atoms with Crippen molar-refractivity contribution in [3.63, 3.8) is 0 Å². The summed E-state index contributed by atoms with van der Waals surface area (Å²) in [5.41, 5.74) is 0.532. The Labute approximate surface area is 110 Å². The molecule has 6 heteroatoms. The summed E-state index contributed by atoms with van der Waals surface area (Å²) in [5, 5.41) is 9.96. The van der Waals surface area contributed by atoms with E-state index >= 15 is 0 Å². The SMILES string of the molecule is CCOC(=O)c1cc(C#N)c(N2CCOCC2)s1. The summed E-state index contributed by atoms with van der Waals surface area (Å²) in [7, 11) is 0. The molecule has 0 saturated carbocycles. The van der Waals surface area contributed by atoms with Crippen molar-refractivity contribution in [2.45, 2.75) is 6.92 Å². The third-order valence-corrected chi connectivity index (χ3v) is 3.78. The quantitative estimate of drug-likeness (QED) is 0.778. The molecular formula is C12H14N2O3S. The molecule has 0 aromatic carbocycles. The van der Waals surface area contributed by atoms with E-state index in [9.17, 15) is 4.79 Å². The second kappa shape index (κ2) is 5.85. The zero-order valence-corrected chi connectivity index (χ0v) is 11.0. The van der Waals surface area contributed by atoms with Crippen molar-refractivity contribution in [3.05, 3.63) is 16.5 Å². The standard InChI is InChI=1S/C12H14N2O3S/c1-2-17-12(15)10-7-9(8-13)11(18-10)14-3-5-16-6-4-14/h7H,2-6H2,1H3. The van der Waals surface area contributed by atoms with Gasteiger partial charge in [-0.1, -0.05) is 0 Å². The van der Waals surface area contributed by atoms with Crippen LogP contribution in [-0.2, 0) is 9.47 Å². The smallest absolute Gasteiger partial charge is 0.348 e. The molecule has 5 nitrogen and oxygen atoms in total. The number of hydrogen-bond acceptors (Lipinski definition) is 6. The van der Waals surface area contributed by atoms with Crippen molar-refractivity contribution in [2.75, 3.05) is 37.8 Å². The Balaban J connectivity index is 2.24. The third kappa shape index (κ3) is 2.63. The lowest BCUT2D eigenvalue weighted by atomic mass is 10.3. The van der Waals surface area contributed by atoms with Gasteiger partial charge in [-0.3, -0.25) is 0 Å². The number of ether oxygens (including phenoxy) is 2. The van der Waals surface area contributed by atoms with E-state index in [1.807, 2.05) is 0 Å². The van der Waals surface area contributed by atoms with E-state index < -0.39 is 0 Å². The van der Waals surface area contributed by atoms with E-state index in [1.165, 1.54) is 11.3 Å². The van der Waals surface area contributed by atoms with Gasteiger partial charge in [0.15, 0.2) is 0 Å².